The number of allylic oxidation sites excluding steroid dienone is 5. The summed E-state index contributed by atoms with van der Waals surface area (Å²) in [6.07, 6.45) is 44.2. The molecule has 3 rings (SSSR count). The first-order valence-corrected chi connectivity index (χ1v) is 39.2. The highest BCUT2D eigenvalue weighted by atomic mass is 16.8. The van der Waals surface area contributed by atoms with E-state index in [1.807, 2.05) is 6.08 Å². The van der Waals surface area contributed by atoms with Gasteiger partial charge < -0.3 is 89.9 Å². The van der Waals surface area contributed by atoms with Crippen molar-refractivity contribution < 1.29 is 89.4 Å². The van der Waals surface area contributed by atoms with Gasteiger partial charge in [-0.3, -0.25) is 4.79 Å². The number of unbranched alkanes of at least 4 members (excludes halogenated alkanes) is 42. The molecule has 1 amide bonds. The van der Waals surface area contributed by atoms with Crippen molar-refractivity contribution in [2.24, 2.45) is 0 Å². The molecule has 19 nitrogen and oxygen atoms in total. The first-order valence-electron chi connectivity index (χ1n) is 39.2. The molecule has 0 spiro atoms. The molecule has 0 saturated carbocycles. The minimum atomic E-state index is -1.98. The smallest absolute Gasteiger partial charge is 0.220 e. The Balaban J connectivity index is 1.41. The van der Waals surface area contributed by atoms with E-state index >= 15 is 0 Å². The molecule has 19 heteroatoms. The van der Waals surface area contributed by atoms with Gasteiger partial charge in [0, 0.05) is 6.42 Å². The SMILES string of the molecule is CCCCCCCCCC/C=C\CCCCCCCCCCCCCCCC(=O)NC(COC1OC(CO)C(OC2OC(CO)C(OC3OC(CO)C(O)C(O)C3O)C(O)C2O)C(O)C1O)C(O)/C=C/CC/C=C/CCCCCCCCCCCCCCCCCCCCCC. The van der Waals surface area contributed by atoms with E-state index in [0.29, 0.717) is 12.8 Å². The predicted octanol–water partition coefficient (Wildman–Crippen LogP) is 12.3. The minimum Gasteiger partial charge on any atom is -0.394 e. The van der Waals surface area contributed by atoms with Gasteiger partial charge in [-0.2, -0.15) is 0 Å². The average Bonchev–Trinajstić information content (AvgIpc) is 0.788. The molecule has 0 aromatic heterocycles. The molecule has 3 aliphatic rings. The highest BCUT2D eigenvalue weighted by molar-refractivity contribution is 5.76. The van der Waals surface area contributed by atoms with Gasteiger partial charge in [0.15, 0.2) is 18.9 Å². The van der Waals surface area contributed by atoms with E-state index in [-0.39, 0.29) is 18.9 Å². The normalized spacial score (nSPS) is 27.2. The standard InChI is InChI=1S/C77H143NO18/c1-3-5-7-9-11-13-15-17-19-21-23-25-27-29-31-32-34-36-38-40-42-44-46-48-50-52-54-61(82)60(78-65(83)55-53-51-49-47-45-43-41-39-37-35-33-30-28-26-24-22-20-18-16-14-12-10-8-6-4-2)59-91-75-71(89)68(86)73(63(57-80)93-75)96-77-72(90)69(87)74(64(58-81)94-77)95-76-70(88)67(85)66(84)62(56-79)92-76/h22,24,44,46,52,54,60-64,66-77,79-82,84-90H,3-21,23,25-43,45,47-51,53,55-59H2,1-2H3,(H,78,83)/b24-22-,46-44+,54-52+. The first-order chi connectivity index (χ1) is 46.8. The van der Waals surface area contributed by atoms with Gasteiger partial charge >= 0.3 is 0 Å². The second-order valence-corrected chi connectivity index (χ2v) is 28.2. The van der Waals surface area contributed by atoms with Crippen molar-refractivity contribution in [3.8, 4) is 0 Å². The molecule has 96 heavy (non-hydrogen) atoms. The Labute approximate surface area is 581 Å². The predicted molar refractivity (Wildman–Crippen MR) is 379 cm³/mol. The van der Waals surface area contributed by atoms with Crippen molar-refractivity contribution in [3.05, 3.63) is 36.5 Å². The zero-order valence-electron chi connectivity index (χ0n) is 60.1. The van der Waals surface area contributed by atoms with Crippen molar-refractivity contribution in [3.63, 3.8) is 0 Å². The van der Waals surface area contributed by atoms with Crippen LogP contribution in [0.4, 0.5) is 0 Å². The number of carbonyl (C=O) groups is 1. The third-order valence-corrected chi connectivity index (χ3v) is 19.7. The molecule has 0 aromatic carbocycles. The fourth-order valence-electron chi connectivity index (χ4n) is 13.3. The van der Waals surface area contributed by atoms with E-state index in [2.05, 4.69) is 43.5 Å². The average molecular weight is 1370 g/mol. The van der Waals surface area contributed by atoms with Crippen LogP contribution in [0.3, 0.4) is 0 Å². The second kappa shape index (κ2) is 58.5. The van der Waals surface area contributed by atoms with Gasteiger partial charge in [-0.1, -0.05) is 288 Å². The Bertz CT molecular complexity index is 1880. The Morgan fingerprint density at radius 1 is 0.365 bits per heavy atom. The van der Waals surface area contributed by atoms with Crippen LogP contribution < -0.4 is 5.32 Å². The summed E-state index contributed by atoms with van der Waals surface area (Å²) in [6, 6.07) is -0.991. The van der Waals surface area contributed by atoms with Gasteiger partial charge in [-0.15, -0.1) is 0 Å². The maximum atomic E-state index is 13.5. The van der Waals surface area contributed by atoms with E-state index in [1.165, 1.54) is 244 Å². The third-order valence-electron chi connectivity index (χ3n) is 19.7. The summed E-state index contributed by atoms with van der Waals surface area (Å²) < 4.78 is 34.4. The fourth-order valence-corrected chi connectivity index (χ4v) is 13.3. The van der Waals surface area contributed by atoms with Crippen molar-refractivity contribution in [2.45, 2.75) is 420 Å². The molecule has 0 bridgehead atoms. The largest absolute Gasteiger partial charge is 0.394 e. The van der Waals surface area contributed by atoms with Crippen molar-refractivity contribution in [1.29, 1.82) is 0 Å². The fraction of sp³-hybridized carbons (Fsp3) is 0.909. The Morgan fingerprint density at radius 2 is 0.667 bits per heavy atom. The molecule has 0 aliphatic carbocycles. The van der Waals surface area contributed by atoms with Crippen molar-refractivity contribution in [1.82, 2.24) is 5.32 Å². The molecule has 17 atom stereocenters. The maximum absolute atomic E-state index is 13.5. The summed E-state index contributed by atoms with van der Waals surface area (Å²) in [6.45, 7) is 1.76. The van der Waals surface area contributed by atoms with Crippen LogP contribution in [-0.2, 0) is 33.2 Å². The second-order valence-electron chi connectivity index (χ2n) is 28.2. The van der Waals surface area contributed by atoms with Gasteiger partial charge in [0.25, 0.3) is 0 Å². The highest BCUT2D eigenvalue weighted by Crippen LogP contribution is 2.33. The summed E-state index contributed by atoms with van der Waals surface area (Å²) in [4.78, 5) is 13.5. The van der Waals surface area contributed by atoms with Crippen LogP contribution in [0, 0.1) is 0 Å². The van der Waals surface area contributed by atoms with E-state index in [0.717, 1.165) is 38.5 Å². The molecule has 0 radical (unpaired) electrons. The summed E-state index contributed by atoms with van der Waals surface area (Å²) in [7, 11) is 0. The molecule has 12 N–H and O–H groups in total. The van der Waals surface area contributed by atoms with E-state index in [1.54, 1.807) is 6.08 Å². The van der Waals surface area contributed by atoms with E-state index in [9.17, 15) is 61.0 Å². The lowest BCUT2D eigenvalue weighted by atomic mass is 9.96. The van der Waals surface area contributed by atoms with Crippen molar-refractivity contribution in [2.75, 3.05) is 26.4 Å². The van der Waals surface area contributed by atoms with Crippen LogP contribution in [0.25, 0.3) is 0 Å². The minimum absolute atomic E-state index is 0.237. The van der Waals surface area contributed by atoms with Gasteiger partial charge in [-0.25, -0.2) is 0 Å². The zero-order chi connectivity index (χ0) is 69.6. The zero-order valence-corrected chi connectivity index (χ0v) is 60.1. The molecule has 3 aliphatic heterocycles. The van der Waals surface area contributed by atoms with Gasteiger partial charge in [0.05, 0.1) is 38.6 Å². The molecular formula is C77H143NO18. The highest BCUT2D eigenvalue weighted by Gasteiger charge is 2.53. The Morgan fingerprint density at radius 3 is 1.04 bits per heavy atom. The number of aliphatic hydroxyl groups excluding tert-OH is 11. The number of nitrogens with one attached hydrogen (secondary N) is 1. The monoisotopic (exact) mass is 1370 g/mol. The molecule has 564 valence electrons. The van der Waals surface area contributed by atoms with Gasteiger partial charge in [-0.05, 0) is 57.8 Å². The Kier molecular flexibility index (Phi) is 53.8. The maximum Gasteiger partial charge on any atom is 0.220 e. The number of aliphatic hydroxyl groups is 11. The van der Waals surface area contributed by atoms with E-state index < -0.39 is 124 Å². The molecule has 3 heterocycles. The van der Waals surface area contributed by atoms with Crippen LogP contribution in [0.2, 0.25) is 0 Å². The number of carbonyl (C=O) groups excluding carboxylic acids is 1. The number of rotatable bonds is 62. The van der Waals surface area contributed by atoms with Crippen LogP contribution >= 0.6 is 0 Å². The number of hydrogen-bond donors (Lipinski definition) is 12. The first kappa shape index (κ1) is 88.2. The van der Waals surface area contributed by atoms with Gasteiger partial charge in [0.1, 0.15) is 73.2 Å². The molecule has 3 fully saturated rings. The van der Waals surface area contributed by atoms with Crippen LogP contribution in [0.5, 0.6) is 0 Å². The third kappa shape index (κ3) is 38.9. The van der Waals surface area contributed by atoms with Gasteiger partial charge in [0.2, 0.25) is 5.91 Å². The lowest BCUT2D eigenvalue weighted by Crippen LogP contribution is -2.66. The number of amides is 1. The van der Waals surface area contributed by atoms with E-state index in [4.69, 9.17) is 28.4 Å². The van der Waals surface area contributed by atoms with Crippen LogP contribution in [-0.4, -0.2) is 193 Å². The topological polar surface area (TPSA) is 307 Å². The molecular weight excluding hydrogens is 1230 g/mol. The Hall–Kier alpha value is -1.99. The molecule has 3 saturated heterocycles. The summed E-state index contributed by atoms with van der Waals surface area (Å²) in [5.74, 6) is -0.281. The van der Waals surface area contributed by atoms with Crippen LogP contribution in [0.1, 0.15) is 316 Å². The van der Waals surface area contributed by atoms with Crippen LogP contribution in [0.15, 0.2) is 36.5 Å². The molecule has 0 aromatic rings. The summed E-state index contributed by atoms with van der Waals surface area (Å²) in [5.41, 5.74) is 0. The number of hydrogen-bond acceptors (Lipinski definition) is 18. The lowest BCUT2D eigenvalue weighted by Gasteiger charge is -2.48. The summed E-state index contributed by atoms with van der Waals surface area (Å²) >= 11 is 0. The lowest BCUT2D eigenvalue weighted by molar-refractivity contribution is -0.379. The quantitative estimate of drug-likeness (QED) is 0.0199. The van der Waals surface area contributed by atoms with Crippen molar-refractivity contribution >= 4 is 5.91 Å². The summed E-state index contributed by atoms with van der Waals surface area (Å²) in [5, 5.41) is 121. The number of ether oxygens (including phenoxy) is 6. The molecule has 17 unspecified atom stereocenters.